The number of hydrogen-bond donors (Lipinski definition) is 1. The normalized spacial score (nSPS) is 11.9. The van der Waals surface area contributed by atoms with Crippen molar-refractivity contribution in [3.63, 3.8) is 0 Å². The smallest absolute Gasteiger partial charge is 0.433 e. The van der Waals surface area contributed by atoms with Crippen molar-refractivity contribution in [1.29, 1.82) is 0 Å². The van der Waals surface area contributed by atoms with Crippen LogP contribution in [0.2, 0.25) is 0 Å². The third-order valence-electron chi connectivity index (χ3n) is 4.28. The Morgan fingerprint density at radius 2 is 1.56 bits per heavy atom. The molecule has 0 saturated carbocycles. The van der Waals surface area contributed by atoms with E-state index in [2.05, 4.69) is 26.9 Å². The highest BCUT2D eigenvalue weighted by Gasteiger charge is 2.35. The lowest BCUT2D eigenvalue weighted by molar-refractivity contribution is -0.142. The molecule has 0 atom stereocenters. The largest absolute Gasteiger partial charge is 0.506 e. The first kappa shape index (κ1) is 21.2. The first-order chi connectivity index (χ1) is 15.0. The van der Waals surface area contributed by atoms with Crippen molar-refractivity contribution in [2.24, 2.45) is 0 Å². The van der Waals surface area contributed by atoms with Crippen LogP contribution in [0, 0.1) is 11.8 Å². The number of hydrogen-bond acceptors (Lipinski definition) is 4. The summed E-state index contributed by atoms with van der Waals surface area (Å²) in [7, 11) is 0. The summed E-state index contributed by atoms with van der Waals surface area (Å²) in [5, 5.41) is 13.2. The van der Waals surface area contributed by atoms with Gasteiger partial charge in [0.1, 0.15) is 11.4 Å². The average Bonchev–Trinajstić information content (AvgIpc) is 3.13. The van der Waals surface area contributed by atoms with Gasteiger partial charge in [0.2, 0.25) is 0 Å². The van der Waals surface area contributed by atoms with Crippen LogP contribution in [0.4, 0.5) is 26.3 Å². The Morgan fingerprint density at radius 3 is 2.19 bits per heavy atom. The summed E-state index contributed by atoms with van der Waals surface area (Å²) in [5.74, 6) is 5.07. The van der Waals surface area contributed by atoms with Crippen LogP contribution in [0.25, 0.3) is 16.9 Å². The molecule has 0 bridgehead atoms. The van der Waals surface area contributed by atoms with Crippen LogP contribution < -0.4 is 0 Å². The van der Waals surface area contributed by atoms with Gasteiger partial charge in [-0.2, -0.15) is 31.4 Å². The summed E-state index contributed by atoms with van der Waals surface area (Å²) in [6.07, 6.45) is -6.84. The van der Waals surface area contributed by atoms with E-state index in [9.17, 15) is 31.4 Å². The van der Waals surface area contributed by atoms with E-state index in [1.807, 2.05) is 0 Å². The van der Waals surface area contributed by atoms with E-state index in [0.29, 0.717) is 16.1 Å². The van der Waals surface area contributed by atoms with Crippen molar-refractivity contribution in [3.05, 3.63) is 77.4 Å². The molecule has 0 aliphatic heterocycles. The zero-order chi connectivity index (χ0) is 23.1. The second-order valence-electron chi connectivity index (χ2n) is 6.58. The van der Waals surface area contributed by atoms with E-state index >= 15 is 0 Å². The molecule has 0 spiro atoms. The molecule has 0 fully saturated rings. The molecule has 0 aliphatic carbocycles. The molecular weight excluding hydrogens is 438 g/mol. The van der Waals surface area contributed by atoms with E-state index in [0.717, 1.165) is 24.3 Å². The molecule has 1 aromatic carbocycles. The van der Waals surface area contributed by atoms with Gasteiger partial charge in [-0.25, -0.2) is 9.50 Å². The van der Waals surface area contributed by atoms with Crippen LogP contribution in [0.5, 0.6) is 5.75 Å². The van der Waals surface area contributed by atoms with E-state index in [-0.39, 0.29) is 28.3 Å². The van der Waals surface area contributed by atoms with Crippen LogP contribution in [0.1, 0.15) is 22.5 Å². The Morgan fingerprint density at radius 1 is 0.844 bits per heavy atom. The van der Waals surface area contributed by atoms with Gasteiger partial charge in [-0.15, -0.1) is 0 Å². The topological polar surface area (TPSA) is 63.3 Å². The molecule has 5 nitrogen and oxygen atoms in total. The first-order valence-corrected chi connectivity index (χ1v) is 8.82. The molecule has 0 saturated heterocycles. The minimum absolute atomic E-state index is 0.0316. The van der Waals surface area contributed by atoms with Crippen LogP contribution in [-0.2, 0) is 12.4 Å². The third-order valence-corrected chi connectivity index (χ3v) is 4.28. The molecule has 3 heterocycles. The van der Waals surface area contributed by atoms with Crippen LogP contribution in [0.15, 0.2) is 54.9 Å². The second kappa shape index (κ2) is 7.56. The Balaban J connectivity index is 1.80. The monoisotopic (exact) mass is 448 g/mol. The van der Waals surface area contributed by atoms with Crippen molar-refractivity contribution in [1.82, 2.24) is 19.6 Å². The van der Waals surface area contributed by atoms with Gasteiger partial charge in [-0.1, -0.05) is 18.1 Å². The number of rotatable bonds is 1. The fourth-order valence-electron chi connectivity index (χ4n) is 2.85. The molecule has 32 heavy (non-hydrogen) atoms. The summed E-state index contributed by atoms with van der Waals surface area (Å²) in [4.78, 5) is 7.84. The average molecular weight is 448 g/mol. The number of alkyl halides is 6. The van der Waals surface area contributed by atoms with Crippen molar-refractivity contribution < 1.29 is 31.4 Å². The van der Waals surface area contributed by atoms with Crippen LogP contribution >= 0.6 is 0 Å². The molecule has 0 radical (unpaired) electrons. The number of benzene rings is 1. The fourth-order valence-corrected chi connectivity index (χ4v) is 2.85. The Labute approximate surface area is 176 Å². The quantitative estimate of drug-likeness (QED) is 0.331. The van der Waals surface area contributed by atoms with E-state index in [4.69, 9.17) is 0 Å². The van der Waals surface area contributed by atoms with Gasteiger partial charge in [0, 0.05) is 23.4 Å². The van der Waals surface area contributed by atoms with Gasteiger partial charge in [0.05, 0.1) is 17.5 Å². The maximum Gasteiger partial charge on any atom is 0.433 e. The molecule has 0 aliphatic rings. The maximum absolute atomic E-state index is 13.6. The molecule has 4 aromatic rings. The van der Waals surface area contributed by atoms with Crippen molar-refractivity contribution in [3.8, 4) is 28.8 Å². The molecule has 0 amide bonds. The fraction of sp³-hybridized carbons (Fsp3) is 0.0952. The highest BCUT2D eigenvalue weighted by atomic mass is 19.4. The maximum atomic E-state index is 13.6. The third kappa shape index (κ3) is 4.34. The van der Waals surface area contributed by atoms with Gasteiger partial charge >= 0.3 is 12.4 Å². The number of fused-ring (bicyclic) bond motifs is 1. The zero-order valence-electron chi connectivity index (χ0n) is 15.7. The van der Waals surface area contributed by atoms with Crippen molar-refractivity contribution in [2.75, 3.05) is 0 Å². The van der Waals surface area contributed by atoms with Gasteiger partial charge in [0.25, 0.3) is 0 Å². The van der Waals surface area contributed by atoms with Crippen LogP contribution in [0.3, 0.4) is 0 Å². The first-order valence-electron chi connectivity index (χ1n) is 8.82. The molecule has 1 N–H and O–H groups in total. The Bertz CT molecular complexity index is 1360. The lowest BCUT2D eigenvalue weighted by atomic mass is 10.1. The lowest BCUT2D eigenvalue weighted by Gasteiger charge is -2.11. The molecule has 11 heteroatoms. The van der Waals surface area contributed by atoms with Gasteiger partial charge in [0.15, 0.2) is 11.3 Å². The van der Waals surface area contributed by atoms with E-state index in [1.54, 1.807) is 0 Å². The summed E-state index contributed by atoms with van der Waals surface area (Å²) in [6, 6.07) is 6.88. The highest BCUT2D eigenvalue weighted by Crippen LogP contribution is 2.34. The second-order valence-corrected chi connectivity index (χ2v) is 6.58. The summed E-state index contributed by atoms with van der Waals surface area (Å²) >= 11 is 0. The molecule has 0 unspecified atom stereocenters. The molecule has 3 aromatic heterocycles. The standard InChI is InChI=1S/C21H10F6N4O/c22-20(23,24)14-4-2-13(3-5-14)17-9-18(21(25,26)27)31-19(29-17)8-15(30-31)6-1-12-7-16(32)11-28-10-12/h2-5,7-11,32H. The van der Waals surface area contributed by atoms with Crippen molar-refractivity contribution in [2.45, 2.75) is 12.4 Å². The van der Waals surface area contributed by atoms with Crippen LogP contribution in [-0.4, -0.2) is 24.7 Å². The van der Waals surface area contributed by atoms with E-state index in [1.165, 1.54) is 24.5 Å². The number of halogens is 6. The Kier molecular flexibility index (Phi) is 5.00. The number of nitrogens with zero attached hydrogens (tertiary/aromatic N) is 4. The predicted molar refractivity (Wildman–Crippen MR) is 100 cm³/mol. The molecule has 4 rings (SSSR count). The summed E-state index contributed by atoms with van der Waals surface area (Å²) in [5.41, 5.74) is -2.09. The Hall–Kier alpha value is -4.07. The molecule has 162 valence electrons. The molecular formula is C21H10F6N4O. The number of aromatic nitrogens is 4. The van der Waals surface area contributed by atoms with Gasteiger partial charge in [-0.3, -0.25) is 4.98 Å². The number of pyridine rings is 1. The van der Waals surface area contributed by atoms with Crippen molar-refractivity contribution >= 4 is 5.65 Å². The summed E-state index contributed by atoms with van der Waals surface area (Å²) < 4.78 is 79.7. The number of aromatic hydroxyl groups is 1. The highest BCUT2D eigenvalue weighted by molar-refractivity contribution is 5.64. The minimum Gasteiger partial charge on any atom is -0.506 e. The zero-order valence-corrected chi connectivity index (χ0v) is 15.7. The van der Waals surface area contributed by atoms with E-state index < -0.39 is 23.6 Å². The summed E-state index contributed by atoms with van der Waals surface area (Å²) in [6.45, 7) is 0. The van der Waals surface area contributed by atoms with Gasteiger partial charge in [-0.05, 0) is 30.2 Å². The lowest BCUT2D eigenvalue weighted by Crippen LogP contribution is -2.13. The minimum atomic E-state index is -4.81. The predicted octanol–water partition coefficient (Wildman–Crippen LogP) is 4.93. The SMILES string of the molecule is Oc1cncc(C#Cc2cc3nc(-c4ccc(C(F)(F)F)cc4)cc(C(F)(F)F)n3n2)c1. The van der Waals surface area contributed by atoms with Gasteiger partial charge < -0.3 is 5.11 Å².